The SMILES string of the molecule is CC1(C)c2ccccc2-c2ccc(N(c3ccc(-c4ccc(NN=C(c5ccccc5)c5ccccc5)c5ccccc45)cc3)c3ccc4c(c3)C(C)(C)c3ccccc3-4)cc21. The van der Waals surface area contributed by atoms with E-state index < -0.39 is 0 Å². The Labute approximate surface area is 364 Å². The second-order valence-corrected chi connectivity index (χ2v) is 17.7. The first kappa shape index (κ1) is 37.5. The van der Waals surface area contributed by atoms with Gasteiger partial charge in [0.2, 0.25) is 0 Å². The minimum atomic E-state index is -0.114. The van der Waals surface area contributed by atoms with Crippen LogP contribution in [0.1, 0.15) is 61.1 Å². The van der Waals surface area contributed by atoms with Crippen LogP contribution in [-0.4, -0.2) is 5.71 Å². The van der Waals surface area contributed by atoms with E-state index in [-0.39, 0.29) is 10.8 Å². The second kappa shape index (κ2) is 14.6. The van der Waals surface area contributed by atoms with E-state index >= 15 is 0 Å². The Bertz CT molecular complexity index is 3050. The first-order chi connectivity index (χ1) is 30.3. The van der Waals surface area contributed by atoms with Crippen LogP contribution in [-0.2, 0) is 10.8 Å². The van der Waals surface area contributed by atoms with Crippen molar-refractivity contribution in [2.75, 3.05) is 10.3 Å². The molecule has 1 N–H and O–H groups in total. The molecule has 0 radical (unpaired) electrons. The van der Waals surface area contributed by atoms with Crippen LogP contribution < -0.4 is 10.3 Å². The first-order valence-corrected chi connectivity index (χ1v) is 21.6. The Balaban J connectivity index is 0.994. The predicted molar refractivity (Wildman–Crippen MR) is 261 cm³/mol. The molecular formula is C59H47N3. The molecule has 2 aliphatic rings. The van der Waals surface area contributed by atoms with E-state index in [4.69, 9.17) is 5.10 Å². The van der Waals surface area contributed by atoms with E-state index in [2.05, 4.69) is 232 Å². The summed E-state index contributed by atoms with van der Waals surface area (Å²) < 4.78 is 0. The average Bonchev–Trinajstić information content (AvgIpc) is 3.69. The molecule has 0 saturated carbocycles. The summed E-state index contributed by atoms with van der Waals surface area (Å²) in [5, 5.41) is 7.30. The maximum atomic E-state index is 5.02. The van der Waals surface area contributed by atoms with Gasteiger partial charge in [0.05, 0.1) is 11.4 Å². The minimum Gasteiger partial charge on any atom is -0.310 e. The van der Waals surface area contributed by atoms with Crippen LogP contribution in [0.3, 0.4) is 0 Å². The Morgan fingerprint density at radius 2 is 0.823 bits per heavy atom. The number of hydrogen-bond acceptors (Lipinski definition) is 3. The molecule has 11 rings (SSSR count). The fourth-order valence-electron chi connectivity index (χ4n) is 10.2. The summed E-state index contributed by atoms with van der Waals surface area (Å²) in [4.78, 5) is 2.45. The van der Waals surface area contributed by atoms with E-state index in [0.29, 0.717) is 0 Å². The van der Waals surface area contributed by atoms with Crippen molar-refractivity contribution in [3.05, 3.63) is 240 Å². The second-order valence-electron chi connectivity index (χ2n) is 17.7. The van der Waals surface area contributed by atoms with Crippen molar-refractivity contribution in [1.29, 1.82) is 0 Å². The molecule has 0 aromatic heterocycles. The third-order valence-corrected chi connectivity index (χ3v) is 13.4. The third kappa shape index (κ3) is 6.07. The van der Waals surface area contributed by atoms with E-state index in [1.807, 2.05) is 12.1 Å². The molecule has 0 aliphatic heterocycles. The summed E-state index contributed by atoms with van der Waals surface area (Å²) in [6.07, 6.45) is 0. The number of fused-ring (bicyclic) bond motifs is 7. The zero-order valence-electron chi connectivity index (χ0n) is 35.5. The lowest BCUT2D eigenvalue weighted by Gasteiger charge is -2.30. The maximum Gasteiger partial charge on any atom is 0.0977 e. The van der Waals surface area contributed by atoms with Crippen molar-refractivity contribution in [3.63, 3.8) is 0 Å². The van der Waals surface area contributed by atoms with Crippen LogP contribution in [0.5, 0.6) is 0 Å². The minimum absolute atomic E-state index is 0.114. The Morgan fingerprint density at radius 1 is 0.387 bits per heavy atom. The van der Waals surface area contributed by atoms with Crippen molar-refractivity contribution in [1.82, 2.24) is 0 Å². The summed E-state index contributed by atoms with van der Waals surface area (Å²) >= 11 is 0. The van der Waals surface area contributed by atoms with Crippen LogP contribution in [0.4, 0.5) is 22.7 Å². The zero-order chi connectivity index (χ0) is 42.0. The topological polar surface area (TPSA) is 27.6 Å². The van der Waals surface area contributed by atoms with E-state index in [0.717, 1.165) is 50.5 Å². The molecule has 298 valence electrons. The molecule has 0 atom stereocenters. The average molecular weight is 798 g/mol. The normalized spacial score (nSPS) is 13.7. The van der Waals surface area contributed by atoms with Crippen LogP contribution in [0, 0.1) is 0 Å². The quantitative estimate of drug-likeness (QED) is 0.122. The van der Waals surface area contributed by atoms with Gasteiger partial charge in [0.25, 0.3) is 0 Å². The Hall–Kier alpha value is -7.49. The molecule has 9 aromatic carbocycles. The molecule has 2 aliphatic carbocycles. The van der Waals surface area contributed by atoms with Crippen molar-refractivity contribution < 1.29 is 0 Å². The van der Waals surface area contributed by atoms with Gasteiger partial charge in [0.1, 0.15) is 0 Å². The zero-order valence-corrected chi connectivity index (χ0v) is 35.5. The van der Waals surface area contributed by atoms with Gasteiger partial charge in [-0.2, -0.15) is 5.10 Å². The van der Waals surface area contributed by atoms with Gasteiger partial charge in [0, 0.05) is 44.4 Å². The molecule has 0 unspecified atom stereocenters. The van der Waals surface area contributed by atoms with Gasteiger partial charge < -0.3 is 4.90 Å². The lowest BCUT2D eigenvalue weighted by molar-refractivity contribution is 0.660. The number of nitrogens with one attached hydrogen (secondary N) is 1. The Kier molecular flexibility index (Phi) is 8.83. The summed E-state index contributed by atoms with van der Waals surface area (Å²) in [7, 11) is 0. The number of rotatable bonds is 8. The standard InChI is InChI=1S/C59H47N3/c1-58(2)52-25-15-13-22-47(52)49-33-31-43(37-54(49)58)62(44-32-34-50-48-23-14-16-26-53(48)59(3,4)55(50)38-44)42-29-27-39(28-30-42)45-35-36-56(51-24-12-11-21-46(45)51)60-61-57(40-17-7-5-8-18-40)41-19-9-6-10-20-41/h5-38,60H,1-4H3. The van der Waals surface area contributed by atoms with Gasteiger partial charge in [0.15, 0.2) is 0 Å². The van der Waals surface area contributed by atoms with Gasteiger partial charge in [-0.1, -0.05) is 191 Å². The van der Waals surface area contributed by atoms with E-state index in [1.165, 1.54) is 55.5 Å². The van der Waals surface area contributed by atoms with Crippen molar-refractivity contribution in [2.24, 2.45) is 5.10 Å². The highest BCUT2D eigenvalue weighted by Crippen LogP contribution is 2.53. The van der Waals surface area contributed by atoms with Crippen molar-refractivity contribution in [3.8, 4) is 33.4 Å². The van der Waals surface area contributed by atoms with Gasteiger partial charge in [-0.15, -0.1) is 0 Å². The van der Waals surface area contributed by atoms with Gasteiger partial charge in [-0.25, -0.2) is 0 Å². The highest BCUT2D eigenvalue weighted by atomic mass is 15.3. The van der Waals surface area contributed by atoms with Crippen molar-refractivity contribution >= 4 is 39.2 Å². The highest BCUT2D eigenvalue weighted by molar-refractivity contribution is 6.13. The molecule has 0 bridgehead atoms. The first-order valence-electron chi connectivity index (χ1n) is 21.6. The maximum absolute atomic E-state index is 5.02. The fraction of sp³-hybridized carbons (Fsp3) is 0.102. The number of anilines is 4. The van der Waals surface area contributed by atoms with Gasteiger partial charge >= 0.3 is 0 Å². The van der Waals surface area contributed by atoms with Crippen LogP contribution in [0.25, 0.3) is 44.2 Å². The van der Waals surface area contributed by atoms with Crippen LogP contribution >= 0.6 is 0 Å². The monoisotopic (exact) mass is 797 g/mol. The van der Waals surface area contributed by atoms with Gasteiger partial charge in [-0.3, -0.25) is 5.43 Å². The molecular weight excluding hydrogens is 751 g/mol. The van der Waals surface area contributed by atoms with Crippen LogP contribution in [0.15, 0.2) is 211 Å². The smallest absolute Gasteiger partial charge is 0.0977 e. The summed E-state index contributed by atoms with van der Waals surface area (Å²) in [6, 6.07) is 74.7. The summed E-state index contributed by atoms with van der Waals surface area (Å²) in [5.74, 6) is 0. The number of hydrogen-bond donors (Lipinski definition) is 1. The molecule has 0 amide bonds. The predicted octanol–water partition coefficient (Wildman–Crippen LogP) is 15.5. The number of benzene rings is 9. The van der Waals surface area contributed by atoms with E-state index in [9.17, 15) is 0 Å². The molecule has 62 heavy (non-hydrogen) atoms. The molecule has 0 fully saturated rings. The van der Waals surface area contributed by atoms with Crippen molar-refractivity contribution in [2.45, 2.75) is 38.5 Å². The molecule has 9 aromatic rings. The largest absolute Gasteiger partial charge is 0.310 e. The van der Waals surface area contributed by atoms with Gasteiger partial charge in [-0.05, 0) is 103 Å². The molecule has 0 spiro atoms. The molecule has 3 heteroatoms. The number of hydrazone groups is 1. The highest BCUT2D eigenvalue weighted by Gasteiger charge is 2.37. The molecule has 0 heterocycles. The third-order valence-electron chi connectivity index (χ3n) is 13.4. The van der Waals surface area contributed by atoms with Crippen LogP contribution in [0.2, 0.25) is 0 Å². The summed E-state index contributed by atoms with van der Waals surface area (Å²) in [5.41, 5.74) is 23.7. The summed E-state index contributed by atoms with van der Waals surface area (Å²) in [6.45, 7) is 9.44. The fourth-order valence-corrected chi connectivity index (χ4v) is 10.2. The lowest BCUT2D eigenvalue weighted by atomic mass is 9.82. The number of nitrogens with zero attached hydrogens (tertiary/aromatic N) is 2. The lowest BCUT2D eigenvalue weighted by Crippen LogP contribution is -2.18. The Morgan fingerprint density at radius 3 is 1.37 bits per heavy atom. The molecule has 3 nitrogen and oxygen atoms in total. The van der Waals surface area contributed by atoms with E-state index in [1.54, 1.807) is 0 Å². The molecule has 0 saturated heterocycles.